The van der Waals surface area contributed by atoms with E-state index in [1.54, 1.807) is 7.11 Å². The van der Waals surface area contributed by atoms with Crippen LogP contribution in [0.2, 0.25) is 0 Å². The average Bonchev–Trinajstić information content (AvgIpc) is 2.67. The van der Waals surface area contributed by atoms with E-state index in [-0.39, 0.29) is 0 Å². The molecule has 0 spiro atoms. The van der Waals surface area contributed by atoms with Crippen LogP contribution in [0.3, 0.4) is 0 Å². The molecule has 0 amide bonds. The maximum Gasteiger partial charge on any atom is 0.191 e. The number of benzene rings is 1. The van der Waals surface area contributed by atoms with E-state index in [9.17, 15) is 0 Å². The van der Waals surface area contributed by atoms with Gasteiger partial charge in [-0.05, 0) is 51.3 Å². The number of nitrogens with one attached hydrogen (secondary N) is 2. The lowest BCUT2D eigenvalue weighted by Gasteiger charge is -2.47. The van der Waals surface area contributed by atoms with Crippen LogP contribution in [0.4, 0.5) is 0 Å². The molecule has 0 aliphatic carbocycles. The normalized spacial score (nSPS) is 25.7. The molecule has 2 heterocycles. The smallest absolute Gasteiger partial charge is 0.191 e. The van der Waals surface area contributed by atoms with Crippen molar-refractivity contribution in [1.29, 1.82) is 0 Å². The highest BCUT2D eigenvalue weighted by Crippen LogP contribution is 2.32. The molecule has 2 fully saturated rings. The molecule has 27 heavy (non-hydrogen) atoms. The summed E-state index contributed by atoms with van der Waals surface area (Å²) in [5, 5.41) is 7.06. The monoisotopic (exact) mass is 374 g/mol. The van der Waals surface area contributed by atoms with E-state index in [1.807, 2.05) is 31.3 Å². The molecule has 3 rings (SSSR count). The molecular weight excluding hydrogens is 340 g/mol. The van der Waals surface area contributed by atoms with E-state index in [0.29, 0.717) is 12.6 Å². The van der Waals surface area contributed by atoms with Crippen molar-refractivity contribution in [2.24, 2.45) is 4.99 Å². The van der Waals surface area contributed by atoms with Gasteiger partial charge in [0.1, 0.15) is 11.5 Å². The van der Waals surface area contributed by atoms with Gasteiger partial charge < -0.3 is 25.0 Å². The van der Waals surface area contributed by atoms with Gasteiger partial charge in [-0.15, -0.1) is 0 Å². The first-order valence-electron chi connectivity index (χ1n) is 10.2. The topological polar surface area (TPSA) is 58.1 Å². The van der Waals surface area contributed by atoms with Crippen molar-refractivity contribution >= 4 is 5.96 Å². The minimum absolute atomic E-state index is 0.524. The molecule has 6 heteroatoms. The van der Waals surface area contributed by atoms with Crippen molar-refractivity contribution in [3.05, 3.63) is 24.3 Å². The van der Waals surface area contributed by atoms with Crippen molar-refractivity contribution in [2.75, 3.05) is 34.4 Å². The summed E-state index contributed by atoms with van der Waals surface area (Å²) in [4.78, 5) is 6.99. The van der Waals surface area contributed by atoms with Crippen LogP contribution in [-0.4, -0.2) is 63.3 Å². The molecule has 2 aliphatic heterocycles. The number of guanidine groups is 1. The number of fused-ring (bicyclic) bond motifs is 2. The molecular formula is C21H34N4O2. The van der Waals surface area contributed by atoms with Gasteiger partial charge in [0.05, 0.1) is 13.7 Å². The highest BCUT2D eigenvalue weighted by Gasteiger charge is 2.36. The van der Waals surface area contributed by atoms with Crippen LogP contribution < -0.4 is 20.1 Å². The van der Waals surface area contributed by atoms with Crippen molar-refractivity contribution in [3.63, 3.8) is 0 Å². The first-order valence-corrected chi connectivity index (χ1v) is 10.2. The van der Waals surface area contributed by atoms with Crippen molar-refractivity contribution in [2.45, 2.75) is 56.7 Å². The Kier molecular flexibility index (Phi) is 7.21. The van der Waals surface area contributed by atoms with Crippen molar-refractivity contribution < 1.29 is 9.47 Å². The number of rotatable bonds is 7. The maximum atomic E-state index is 5.79. The first kappa shape index (κ1) is 19.8. The van der Waals surface area contributed by atoms with Gasteiger partial charge in [-0.1, -0.05) is 12.5 Å². The second-order valence-corrected chi connectivity index (χ2v) is 7.60. The third-order valence-electron chi connectivity index (χ3n) is 5.83. The lowest BCUT2D eigenvalue weighted by molar-refractivity contribution is 0.0526. The molecule has 2 N–H and O–H groups in total. The Morgan fingerprint density at radius 1 is 1.22 bits per heavy atom. The Hall–Kier alpha value is -1.95. The van der Waals surface area contributed by atoms with Crippen LogP contribution in [0.5, 0.6) is 11.5 Å². The van der Waals surface area contributed by atoms with Gasteiger partial charge in [0.25, 0.3) is 0 Å². The van der Waals surface area contributed by atoms with Gasteiger partial charge in [0.15, 0.2) is 5.96 Å². The number of ether oxygens (including phenoxy) is 2. The minimum atomic E-state index is 0.524. The molecule has 2 atom stereocenters. The lowest BCUT2D eigenvalue weighted by Crippen LogP contribution is -2.56. The van der Waals surface area contributed by atoms with E-state index >= 15 is 0 Å². The number of aliphatic imine (C=N–C) groups is 1. The highest BCUT2D eigenvalue weighted by atomic mass is 16.5. The highest BCUT2D eigenvalue weighted by molar-refractivity contribution is 5.79. The minimum Gasteiger partial charge on any atom is -0.497 e. The van der Waals surface area contributed by atoms with Crippen LogP contribution >= 0.6 is 0 Å². The molecule has 6 nitrogen and oxygen atoms in total. The van der Waals surface area contributed by atoms with Gasteiger partial charge in [-0.2, -0.15) is 0 Å². The summed E-state index contributed by atoms with van der Waals surface area (Å²) in [6.07, 6.45) is 7.39. The van der Waals surface area contributed by atoms with E-state index in [1.165, 1.54) is 32.1 Å². The van der Waals surface area contributed by atoms with Gasteiger partial charge in [-0.25, -0.2) is 0 Å². The zero-order valence-electron chi connectivity index (χ0n) is 16.9. The third kappa shape index (κ3) is 5.51. The van der Waals surface area contributed by atoms with E-state index in [2.05, 4.69) is 27.6 Å². The molecule has 1 aromatic rings. The molecule has 2 saturated heterocycles. The molecule has 0 aromatic heterocycles. The SMILES string of the molecule is CN=C(NCCCOc1cccc(OC)c1)NC1CC2CCCC(C1)N2C. The fourth-order valence-corrected chi connectivity index (χ4v) is 4.28. The zero-order valence-corrected chi connectivity index (χ0v) is 16.9. The molecule has 1 aromatic carbocycles. The largest absolute Gasteiger partial charge is 0.497 e. The number of hydrogen-bond donors (Lipinski definition) is 2. The Balaban J connectivity index is 1.36. The number of piperidine rings is 2. The maximum absolute atomic E-state index is 5.79. The molecule has 2 bridgehead atoms. The Bertz CT molecular complexity index is 608. The van der Waals surface area contributed by atoms with Crippen molar-refractivity contribution in [3.8, 4) is 11.5 Å². The second kappa shape index (κ2) is 9.83. The van der Waals surface area contributed by atoms with Gasteiger partial charge in [0.2, 0.25) is 0 Å². The molecule has 2 unspecified atom stereocenters. The number of methoxy groups -OCH3 is 1. The summed E-state index contributed by atoms with van der Waals surface area (Å²) in [5.41, 5.74) is 0. The van der Waals surface area contributed by atoms with E-state index in [0.717, 1.165) is 42.5 Å². The predicted molar refractivity (Wildman–Crippen MR) is 110 cm³/mol. The van der Waals surface area contributed by atoms with Crippen molar-refractivity contribution in [1.82, 2.24) is 15.5 Å². The second-order valence-electron chi connectivity index (χ2n) is 7.60. The number of nitrogens with zero attached hydrogens (tertiary/aromatic N) is 2. The Morgan fingerprint density at radius 3 is 2.67 bits per heavy atom. The average molecular weight is 375 g/mol. The Labute approximate surface area is 163 Å². The third-order valence-corrected chi connectivity index (χ3v) is 5.83. The summed E-state index contributed by atoms with van der Waals surface area (Å²) in [7, 11) is 5.80. The fraction of sp³-hybridized carbons (Fsp3) is 0.667. The molecule has 0 radical (unpaired) electrons. The fourth-order valence-electron chi connectivity index (χ4n) is 4.28. The van der Waals surface area contributed by atoms with Gasteiger partial charge >= 0.3 is 0 Å². The van der Waals surface area contributed by atoms with Crippen LogP contribution in [0.25, 0.3) is 0 Å². The summed E-state index contributed by atoms with van der Waals surface area (Å²) in [5.74, 6) is 2.57. The summed E-state index contributed by atoms with van der Waals surface area (Å²) >= 11 is 0. The summed E-state index contributed by atoms with van der Waals surface area (Å²) in [6, 6.07) is 9.69. The quantitative estimate of drug-likeness (QED) is 0.437. The lowest BCUT2D eigenvalue weighted by atomic mass is 9.82. The van der Waals surface area contributed by atoms with Crippen LogP contribution in [0, 0.1) is 0 Å². The van der Waals surface area contributed by atoms with Gasteiger partial charge in [-0.3, -0.25) is 4.99 Å². The number of hydrogen-bond acceptors (Lipinski definition) is 4. The van der Waals surface area contributed by atoms with Crippen LogP contribution in [-0.2, 0) is 0 Å². The first-order chi connectivity index (χ1) is 13.2. The summed E-state index contributed by atoms with van der Waals surface area (Å²) < 4.78 is 11.0. The van der Waals surface area contributed by atoms with E-state index in [4.69, 9.17) is 9.47 Å². The summed E-state index contributed by atoms with van der Waals surface area (Å²) in [6.45, 7) is 1.50. The van der Waals surface area contributed by atoms with Gasteiger partial charge in [0, 0.05) is 37.8 Å². The Morgan fingerprint density at radius 2 is 1.96 bits per heavy atom. The predicted octanol–water partition coefficient (Wildman–Crippen LogP) is 2.64. The molecule has 0 saturated carbocycles. The van der Waals surface area contributed by atoms with Crippen LogP contribution in [0.15, 0.2) is 29.3 Å². The molecule has 2 aliphatic rings. The van der Waals surface area contributed by atoms with E-state index < -0.39 is 0 Å². The van der Waals surface area contributed by atoms with Crippen LogP contribution in [0.1, 0.15) is 38.5 Å². The molecule has 150 valence electrons. The zero-order chi connectivity index (χ0) is 19.1. The standard InChI is InChI=1S/C21H34N4O2/c1-22-21(24-16-13-17-7-4-8-18(14-16)25(17)2)23-11-6-12-27-20-10-5-9-19(15-20)26-3/h5,9-10,15-18H,4,6-8,11-14H2,1-3H3,(H2,22,23,24).